The Labute approximate surface area is 144 Å². The Bertz CT molecular complexity index is 613. The Balaban J connectivity index is 2.41. The largest absolute Gasteiger partial charge is 0.481 e. The van der Waals surface area contributed by atoms with Crippen molar-refractivity contribution < 1.29 is 24.0 Å². The lowest BCUT2D eigenvalue weighted by atomic mass is 9.66. The topological polar surface area (TPSA) is 72.8 Å². The lowest BCUT2D eigenvalue weighted by Crippen LogP contribution is -2.41. The zero-order valence-corrected chi connectivity index (χ0v) is 15.2. The first kappa shape index (κ1) is 18.2. The van der Waals surface area contributed by atoms with Crippen molar-refractivity contribution in [2.75, 3.05) is 0 Å². The van der Waals surface area contributed by atoms with Crippen LogP contribution in [-0.2, 0) is 14.1 Å². The molecule has 1 aromatic rings. The third kappa shape index (κ3) is 3.84. The van der Waals surface area contributed by atoms with E-state index in [1.165, 1.54) is 0 Å². The van der Waals surface area contributed by atoms with E-state index in [1.54, 1.807) is 18.2 Å². The molecule has 1 fully saturated rings. The van der Waals surface area contributed by atoms with E-state index in [2.05, 4.69) is 15.9 Å². The molecule has 5 nitrogen and oxygen atoms in total. The van der Waals surface area contributed by atoms with Crippen LogP contribution in [0.15, 0.2) is 22.7 Å². The second-order valence-corrected chi connectivity index (χ2v) is 7.68. The molecule has 1 aliphatic rings. The minimum Gasteiger partial charge on any atom is -0.481 e. The number of aldehydes is 1. The van der Waals surface area contributed by atoms with Gasteiger partial charge in [-0.05, 0) is 51.5 Å². The van der Waals surface area contributed by atoms with Crippen molar-refractivity contribution in [3.63, 3.8) is 0 Å². The van der Waals surface area contributed by atoms with Gasteiger partial charge in [-0.25, -0.2) is 0 Å². The second kappa shape index (κ2) is 6.38. The van der Waals surface area contributed by atoms with Gasteiger partial charge < -0.3 is 14.4 Å². The van der Waals surface area contributed by atoms with Crippen LogP contribution >= 0.6 is 15.9 Å². The van der Waals surface area contributed by atoms with E-state index in [-0.39, 0.29) is 6.42 Å². The van der Waals surface area contributed by atoms with Crippen LogP contribution in [0.1, 0.15) is 55.9 Å². The Kier molecular flexibility index (Phi) is 5.04. The van der Waals surface area contributed by atoms with Gasteiger partial charge in [0.05, 0.1) is 17.6 Å². The molecular formula is C16H20BBrO5. The van der Waals surface area contributed by atoms with Crippen LogP contribution in [0.25, 0.3) is 0 Å². The number of carbonyl (C=O) groups is 2. The van der Waals surface area contributed by atoms with Crippen LogP contribution in [0.4, 0.5) is 0 Å². The minimum absolute atomic E-state index is 0.147. The lowest BCUT2D eigenvalue weighted by molar-refractivity contribution is -0.137. The predicted octanol–water partition coefficient (Wildman–Crippen LogP) is 3.45. The van der Waals surface area contributed by atoms with Gasteiger partial charge in [0, 0.05) is 15.9 Å². The Morgan fingerprint density at radius 1 is 1.26 bits per heavy atom. The number of aliphatic carboxylic acids is 1. The standard InChI is InChI=1S/C16H20BBrO5/c1-15(2)16(3,4)23-17(22-15)13(8-14(20)21)11-5-10(9-19)6-12(18)7-11/h5-7,9,13H,8H2,1-4H3,(H,20,21). The van der Waals surface area contributed by atoms with Crippen LogP contribution in [0.3, 0.4) is 0 Å². The lowest BCUT2D eigenvalue weighted by Gasteiger charge is -2.32. The fourth-order valence-corrected chi connectivity index (χ4v) is 3.06. The van der Waals surface area contributed by atoms with Crippen LogP contribution < -0.4 is 0 Å². The summed E-state index contributed by atoms with van der Waals surface area (Å²) in [6.07, 6.45) is 0.585. The average Bonchev–Trinajstić information content (AvgIpc) is 2.63. The molecule has 1 unspecified atom stereocenters. The summed E-state index contributed by atoms with van der Waals surface area (Å²) in [5.41, 5.74) is 0.0747. The molecule has 1 saturated heterocycles. The van der Waals surface area contributed by atoms with E-state index in [0.29, 0.717) is 15.6 Å². The number of carboxylic acids is 1. The molecule has 7 heteroatoms. The molecule has 0 bridgehead atoms. The van der Waals surface area contributed by atoms with Crippen molar-refractivity contribution in [2.24, 2.45) is 0 Å². The average molecular weight is 383 g/mol. The van der Waals surface area contributed by atoms with Crippen molar-refractivity contribution in [2.45, 2.75) is 51.1 Å². The molecule has 1 N–H and O–H groups in total. The maximum Gasteiger partial charge on any atom is 0.466 e. The zero-order chi connectivity index (χ0) is 17.4. The number of rotatable bonds is 5. The first-order valence-electron chi connectivity index (χ1n) is 7.39. The molecule has 1 aromatic carbocycles. The number of carbonyl (C=O) groups excluding carboxylic acids is 1. The highest BCUT2D eigenvalue weighted by molar-refractivity contribution is 9.10. The molecule has 124 valence electrons. The highest BCUT2D eigenvalue weighted by Crippen LogP contribution is 2.42. The van der Waals surface area contributed by atoms with Gasteiger partial charge in [-0.3, -0.25) is 9.59 Å². The summed E-state index contributed by atoms with van der Waals surface area (Å²) in [7, 11) is -0.690. The van der Waals surface area contributed by atoms with Gasteiger partial charge in [0.25, 0.3) is 0 Å². The van der Waals surface area contributed by atoms with Crippen LogP contribution in [0, 0.1) is 0 Å². The van der Waals surface area contributed by atoms with Crippen molar-refractivity contribution in [3.8, 4) is 0 Å². The molecule has 0 aliphatic carbocycles. The molecule has 2 rings (SSSR count). The molecular weight excluding hydrogens is 363 g/mol. The highest BCUT2D eigenvalue weighted by atomic mass is 79.9. The molecule has 23 heavy (non-hydrogen) atoms. The fourth-order valence-electron chi connectivity index (χ4n) is 2.53. The normalized spacial score (nSPS) is 20.3. The highest BCUT2D eigenvalue weighted by Gasteiger charge is 2.54. The van der Waals surface area contributed by atoms with E-state index in [0.717, 1.165) is 6.29 Å². The molecule has 0 radical (unpaired) electrons. The predicted molar refractivity (Wildman–Crippen MR) is 90.6 cm³/mol. The molecule has 1 atom stereocenters. The van der Waals surface area contributed by atoms with Gasteiger partial charge in [0.2, 0.25) is 0 Å². The number of hydrogen-bond donors (Lipinski definition) is 1. The number of carboxylic acid groups (broad SMARTS) is 1. The maximum absolute atomic E-state index is 11.3. The third-order valence-electron chi connectivity index (χ3n) is 4.50. The first-order valence-corrected chi connectivity index (χ1v) is 8.18. The van der Waals surface area contributed by atoms with Gasteiger partial charge in [-0.1, -0.05) is 15.9 Å². The molecule has 0 spiro atoms. The van der Waals surface area contributed by atoms with Crippen LogP contribution in [0.2, 0.25) is 0 Å². The molecule has 1 aliphatic heterocycles. The van der Waals surface area contributed by atoms with E-state index in [1.807, 2.05) is 27.7 Å². The van der Waals surface area contributed by atoms with E-state index >= 15 is 0 Å². The summed E-state index contributed by atoms with van der Waals surface area (Å²) in [5, 5.41) is 9.27. The summed E-state index contributed by atoms with van der Waals surface area (Å²) in [5.74, 6) is -1.46. The van der Waals surface area contributed by atoms with Gasteiger partial charge in [-0.15, -0.1) is 0 Å². The van der Waals surface area contributed by atoms with Crippen LogP contribution in [-0.4, -0.2) is 35.7 Å². The van der Waals surface area contributed by atoms with Gasteiger partial charge in [0.15, 0.2) is 0 Å². The third-order valence-corrected chi connectivity index (χ3v) is 4.96. The maximum atomic E-state index is 11.3. The summed E-state index contributed by atoms with van der Waals surface area (Å²) in [6.45, 7) is 7.68. The Hall–Kier alpha value is -1.18. The van der Waals surface area contributed by atoms with Crippen molar-refractivity contribution in [1.29, 1.82) is 0 Å². The quantitative estimate of drug-likeness (QED) is 0.623. The SMILES string of the molecule is CC1(C)OB(C(CC(=O)O)c2cc(Br)cc(C=O)c2)OC1(C)C. The van der Waals surface area contributed by atoms with Gasteiger partial charge in [-0.2, -0.15) is 0 Å². The van der Waals surface area contributed by atoms with Crippen molar-refractivity contribution in [3.05, 3.63) is 33.8 Å². The molecule has 1 heterocycles. The number of hydrogen-bond acceptors (Lipinski definition) is 4. The number of benzene rings is 1. The van der Waals surface area contributed by atoms with Crippen LogP contribution in [0.5, 0.6) is 0 Å². The van der Waals surface area contributed by atoms with Crippen molar-refractivity contribution in [1.82, 2.24) is 0 Å². The molecule has 0 saturated carbocycles. The summed E-state index contributed by atoms with van der Waals surface area (Å²) in [6, 6.07) is 5.15. The summed E-state index contributed by atoms with van der Waals surface area (Å²) >= 11 is 3.35. The van der Waals surface area contributed by atoms with Gasteiger partial charge in [0.1, 0.15) is 6.29 Å². The number of halogens is 1. The van der Waals surface area contributed by atoms with E-state index < -0.39 is 30.1 Å². The monoisotopic (exact) mass is 382 g/mol. The summed E-state index contributed by atoms with van der Waals surface area (Å²) in [4.78, 5) is 22.4. The minimum atomic E-state index is -0.947. The summed E-state index contributed by atoms with van der Waals surface area (Å²) < 4.78 is 12.7. The second-order valence-electron chi connectivity index (χ2n) is 6.76. The first-order chi connectivity index (χ1) is 10.6. The van der Waals surface area contributed by atoms with Gasteiger partial charge >= 0.3 is 13.1 Å². The van der Waals surface area contributed by atoms with Crippen molar-refractivity contribution >= 4 is 35.3 Å². The smallest absolute Gasteiger partial charge is 0.466 e. The molecule has 0 amide bonds. The van der Waals surface area contributed by atoms with E-state index in [4.69, 9.17) is 9.31 Å². The zero-order valence-electron chi connectivity index (χ0n) is 13.6. The Morgan fingerprint density at radius 3 is 2.30 bits per heavy atom. The Morgan fingerprint density at radius 2 is 1.83 bits per heavy atom. The fraction of sp³-hybridized carbons (Fsp3) is 0.500. The molecule has 0 aromatic heterocycles. The van der Waals surface area contributed by atoms with E-state index in [9.17, 15) is 14.7 Å².